The lowest BCUT2D eigenvalue weighted by Crippen LogP contribution is -2.39. The molecule has 442 valence electrons. The molecule has 3 atom stereocenters. The van der Waals surface area contributed by atoms with Crippen LogP contribution in [0.15, 0.2) is 34.9 Å². The number of carbonyl (C=O) groups excluding carboxylic acids is 11. The van der Waals surface area contributed by atoms with Gasteiger partial charge in [-0.1, -0.05) is 40.0 Å². The SMILES string of the molecule is CCCCOC(=O)C(CC(C)(C)C(=O)O)C1=CC(=O)N(CC(=O)O)C1=O.CCCCOC(=O)C(CC(C)(C)C(=O)OCCOC(=O)C(C)(C)CC(C(=O)OCCCC)C1=CC(=O)N(CC(=O)O)C1=O)C1=CC(=O)N(CC(=O)O)C1=O. The van der Waals surface area contributed by atoms with Crippen molar-refractivity contribution in [2.45, 2.75) is 120 Å². The summed E-state index contributed by atoms with van der Waals surface area (Å²) in [5, 5.41) is 36.3. The minimum absolute atomic E-state index is 0.00265. The molecule has 0 saturated heterocycles. The Balaban J connectivity index is 0.000000701. The van der Waals surface area contributed by atoms with Gasteiger partial charge in [-0.25, -0.2) is 0 Å². The third-order valence-electron chi connectivity index (χ3n) is 12.6. The summed E-state index contributed by atoms with van der Waals surface area (Å²) < 4.78 is 26.3. The van der Waals surface area contributed by atoms with Crippen LogP contribution in [0.2, 0.25) is 0 Å². The van der Waals surface area contributed by atoms with Crippen molar-refractivity contribution in [3.8, 4) is 0 Å². The first kappa shape index (κ1) is 68.0. The fraction of sp³-hybridized carbons (Fsp3) is 0.604. The highest BCUT2D eigenvalue weighted by Crippen LogP contribution is 2.37. The van der Waals surface area contributed by atoms with Crippen molar-refractivity contribution in [2.75, 3.05) is 52.7 Å². The Hall–Kier alpha value is -8.13. The molecule has 0 fully saturated rings. The summed E-state index contributed by atoms with van der Waals surface area (Å²) in [4.78, 5) is 186. The molecular formula is C53H71N3O24. The normalized spacial score (nSPS) is 15.7. The van der Waals surface area contributed by atoms with Gasteiger partial charge < -0.3 is 44.1 Å². The van der Waals surface area contributed by atoms with Gasteiger partial charge in [0.15, 0.2) is 0 Å². The molecular weight excluding hydrogens is 1060 g/mol. The molecule has 0 bridgehead atoms. The van der Waals surface area contributed by atoms with E-state index >= 15 is 0 Å². The Morgan fingerprint density at radius 3 is 0.887 bits per heavy atom. The molecule has 3 unspecified atom stereocenters. The number of carboxylic acids is 4. The molecule has 0 saturated carbocycles. The number of unbranched alkanes of at least 4 members (excludes halogenated alkanes) is 3. The molecule has 0 aromatic heterocycles. The van der Waals surface area contributed by atoms with Crippen LogP contribution in [-0.2, 0) is 95.6 Å². The minimum atomic E-state index is -1.49. The third-order valence-corrected chi connectivity index (χ3v) is 12.6. The number of aliphatic carboxylic acids is 4. The summed E-state index contributed by atoms with van der Waals surface area (Å²) in [6.45, 7) is 10.5. The summed E-state index contributed by atoms with van der Waals surface area (Å²) in [6.07, 6.45) is 5.30. The maximum absolute atomic E-state index is 13.2. The first-order chi connectivity index (χ1) is 37.2. The Morgan fingerprint density at radius 1 is 0.412 bits per heavy atom. The Morgan fingerprint density at radius 2 is 0.662 bits per heavy atom. The highest BCUT2D eigenvalue weighted by molar-refractivity contribution is 6.20. The average molecular weight is 1130 g/mol. The fourth-order valence-corrected chi connectivity index (χ4v) is 7.85. The molecule has 80 heavy (non-hydrogen) atoms. The molecule has 0 aliphatic carbocycles. The predicted molar refractivity (Wildman–Crippen MR) is 270 cm³/mol. The molecule has 0 radical (unpaired) electrons. The van der Waals surface area contributed by atoms with E-state index in [1.165, 1.54) is 41.5 Å². The number of hydrogen-bond acceptors (Lipinski definition) is 20. The molecule has 0 spiro atoms. The summed E-state index contributed by atoms with van der Waals surface area (Å²) in [5.74, 6) is -19.6. The van der Waals surface area contributed by atoms with Gasteiger partial charge in [0.25, 0.3) is 35.4 Å². The van der Waals surface area contributed by atoms with E-state index in [2.05, 4.69) is 0 Å². The maximum atomic E-state index is 13.2. The van der Waals surface area contributed by atoms with Crippen LogP contribution >= 0.6 is 0 Å². The number of carbonyl (C=O) groups is 15. The van der Waals surface area contributed by atoms with Gasteiger partial charge in [0.05, 0.1) is 53.8 Å². The van der Waals surface area contributed by atoms with Crippen LogP contribution < -0.4 is 0 Å². The first-order valence-electron chi connectivity index (χ1n) is 25.6. The van der Waals surface area contributed by atoms with E-state index in [4.69, 9.17) is 39.0 Å². The fourth-order valence-electron chi connectivity index (χ4n) is 7.85. The third kappa shape index (κ3) is 19.3. The van der Waals surface area contributed by atoms with E-state index in [-0.39, 0.29) is 55.8 Å². The molecule has 3 aliphatic heterocycles. The monoisotopic (exact) mass is 1130 g/mol. The van der Waals surface area contributed by atoms with Gasteiger partial charge in [-0.3, -0.25) is 86.6 Å². The van der Waals surface area contributed by atoms with E-state index < -0.39 is 156 Å². The summed E-state index contributed by atoms with van der Waals surface area (Å²) in [6, 6.07) is 0. The number of carboxylic acid groups (broad SMARTS) is 4. The second-order valence-electron chi connectivity index (χ2n) is 20.7. The van der Waals surface area contributed by atoms with Crippen LogP contribution in [0.1, 0.15) is 120 Å². The lowest BCUT2D eigenvalue weighted by atomic mass is 9.79. The molecule has 3 heterocycles. The lowest BCUT2D eigenvalue weighted by Gasteiger charge is -2.28. The van der Waals surface area contributed by atoms with Gasteiger partial charge in [-0.15, -0.1) is 0 Å². The van der Waals surface area contributed by atoms with Gasteiger partial charge >= 0.3 is 53.7 Å². The van der Waals surface area contributed by atoms with Crippen LogP contribution in [0.5, 0.6) is 0 Å². The van der Waals surface area contributed by atoms with Crippen molar-refractivity contribution < 1.29 is 116 Å². The number of ether oxygens (including phenoxy) is 5. The van der Waals surface area contributed by atoms with Crippen LogP contribution in [0.4, 0.5) is 0 Å². The Kier molecular flexibility index (Phi) is 25.7. The van der Waals surface area contributed by atoms with Crippen LogP contribution in [0, 0.1) is 34.0 Å². The van der Waals surface area contributed by atoms with Gasteiger partial charge in [-0.05, 0) is 80.1 Å². The van der Waals surface area contributed by atoms with E-state index in [1.54, 1.807) is 0 Å². The zero-order chi connectivity index (χ0) is 61.0. The topological polar surface area (TPSA) is 393 Å². The largest absolute Gasteiger partial charge is 0.481 e. The smallest absolute Gasteiger partial charge is 0.323 e. The molecule has 3 rings (SSSR count). The van der Waals surface area contributed by atoms with E-state index in [0.29, 0.717) is 46.8 Å². The van der Waals surface area contributed by atoms with Crippen molar-refractivity contribution in [3.63, 3.8) is 0 Å². The number of nitrogens with zero attached hydrogens (tertiary/aromatic N) is 3. The quantitative estimate of drug-likeness (QED) is 0.0317. The predicted octanol–water partition coefficient (Wildman–Crippen LogP) is 2.41. The Bertz CT molecular complexity index is 2440. The highest BCUT2D eigenvalue weighted by atomic mass is 16.6. The molecule has 27 heteroatoms. The van der Waals surface area contributed by atoms with Crippen LogP contribution in [0.25, 0.3) is 0 Å². The molecule has 3 aliphatic rings. The van der Waals surface area contributed by atoms with Gasteiger partial charge in [-0.2, -0.15) is 0 Å². The molecule has 6 amide bonds. The molecule has 0 aromatic rings. The lowest BCUT2D eigenvalue weighted by molar-refractivity contribution is -0.165. The van der Waals surface area contributed by atoms with E-state index in [1.807, 2.05) is 20.8 Å². The molecule has 0 aromatic carbocycles. The summed E-state index contributed by atoms with van der Waals surface area (Å²) >= 11 is 0. The zero-order valence-corrected chi connectivity index (χ0v) is 46.3. The number of hydrogen-bond donors (Lipinski definition) is 4. The van der Waals surface area contributed by atoms with Crippen LogP contribution in [0.3, 0.4) is 0 Å². The number of amides is 6. The second kappa shape index (κ2) is 30.3. The van der Waals surface area contributed by atoms with Crippen molar-refractivity contribution in [2.24, 2.45) is 34.0 Å². The van der Waals surface area contributed by atoms with Crippen molar-refractivity contribution in [3.05, 3.63) is 34.9 Å². The number of imide groups is 3. The second-order valence-corrected chi connectivity index (χ2v) is 20.7. The van der Waals surface area contributed by atoms with Crippen molar-refractivity contribution in [1.82, 2.24) is 14.7 Å². The minimum Gasteiger partial charge on any atom is -0.481 e. The summed E-state index contributed by atoms with van der Waals surface area (Å²) in [7, 11) is 0. The van der Waals surface area contributed by atoms with Gasteiger partial charge in [0.2, 0.25) is 0 Å². The average Bonchev–Trinajstić information content (AvgIpc) is 3.91. The van der Waals surface area contributed by atoms with Gasteiger partial charge in [0.1, 0.15) is 32.8 Å². The summed E-state index contributed by atoms with van der Waals surface area (Å²) in [5.41, 5.74) is -5.24. The maximum Gasteiger partial charge on any atom is 0.323 e. The van der Waals surface area contributed by atoms with Gasteiger partial charge in [0, 0.05) is 34.9 Å². The molecule has 4 N–H and O–H groups in total. The van der Waals surface area contributed by atoms with E-state index in [0.717, 1.165) is 24.6 Å². The Labute approximate surface area is 460 Å². The molecule has 27 nitrogen and oxygen atoms in total. The van der Waals surface area contributed by atoms with Crippen LogP contribution in [-0.4, -0.2) is 177 Å². The van der Waals surface area contributed by atoms with Crippen molar-refractivity contribution in [1.29, 1.82) is 0 Å². The number of esters is 5. The van der Waals surface area contributed by atoms with Crippen molar-refractivity contribution >= 4 is 89.2 Å². The first-order valence-corrected chi connectivity index (χ1v) is 25.6. The standard InChI is InChI=1S/C36H48N2O16.C17H23NO8/c1-7-9-11-51-31(47)23(21-15-25(39)37(29(21)45)19-27(41)42)17-35(3,4)33(49)53-13-14-54-34(50)36(5,6)18-24(32(48)52-12-10-8-2)22-16-26(40)38(30(22)46)20-28(43)44;1-4-5-6-26-15(23)11(8-17(2,3)16(24)25)10-7-12(19)18(14(10)22)9-13(20)21/h15-16,23-24H,7-14,17-20H2,1-6H3,(H,41,42)(H,43,44);7,11H,4-6,8-9H2,1-3H3,(H,20,21)(H,24,25). The zero-order valence-electron chi connectivity index (χ0n) is 46.3. The number of rotatable bonds is 33. The van der Waals surface area contributed by atoms with E-state index in [9.17, 15) is 77.0 Å². The highest BCUT2D eigenvalue weighted by Gasteiger charge is 2.47.